The smallest absolute Gasteiger partial charge is 0.186 e. The van der Waals surface area contributed by atoms with Crippen LogP contribution >= 0.6 is 27.5 Å². The second-order valence-corrected chi connectivity index (χ2v) is 5.87. The fraction of sp³-hybridized carbons (Fsp3) is 0.125. The van der Waals surface area contributed by atoms with E-state index in [0.29, 0.717) is 33.7 Å². The zero-order chi connectivity index (χ0) is 15.7. The van der Waals surface area contributed by atoms with Gasteiger partial charge in [-0.2, -0.15) is 0 Å². The second kappa shape index (κ2) is 6.26. The normalized spacial score (nSPS) is 11.1. The Balaban J connectivity index is 2.32. The first-order valence-electron chi connectivity index (χ1n) is 6.57. The van der Waals surface area contributed by atoms with E-state index in [0.717, 1.165) is 11.6 Å². The molecule has 1 heterocycles. The van der Waals surface area contributed by atoms with E-state index in [1.54, 1.807) is 6.07 Å². The summed E-state index contributed by atoms with van der Waals surface area (Å²) in [5, 5.41) is 1.16. The number of aryl methyl sites for hydroxylation is 1. The van der Waals surface area contributed by atoms with Gasteiger partial charge in [0.05, 0.1) is 21.9 Å². The lowest BCUT2D eigenvalue weighted by Gasteiger charge is -2.11. The van der Waals surface area contributed by atoms with Crippen LogP contribution in [-0.4, -0.2) is 15.3 Å². The Kier molecular flexibility index (Phi) is 4.36. The van der Waals surface area contributed by atoms with Crippen molar-refractivity contribution in [2.45, 2.75) is 6.42 Å². The minimum absolute atomic E-state index is 0.0632. The molecule has 0 radical (unpaired) electrons. The number of alkyl halides is 1. The van der Waals surface area contributed by atoms with Crippen LogP contribution in [0.3, 0.4) is 0 Å². The SMILES string of the molecule is Fc1ccc2nc(-c3ccccc3Cl)c(CCBr)nc2c1F. The molecular formula is C16H10BrClF2N2. The van der Waals surface area contributed by atoms with Crippen LogP contribution in [0.4, 0.5) is 8.78 Å². The summed E-state index contributed by atoms with van der Waals surface area (Å²) in [5.41, 5.74) is 2.11. The van der Waals surface area contributed by atoms with Crippen molar-refractivity contribution in [3.8, 4) is 11.3 Å². The average molecular weight is 384 g/mol. The van der Waals surface area contributed by atoms with Crippen molar-refractivity contribution in [3.63, 3.8) is 0 Å². The minimum atomic E-state index is -0.980. The number of fused-ring (bicyclic) bond motifs is 1. The van der Waals surface area contributed by atoms with Crippen LogP contribution in [0.25, 0.3) is 22.3 Å². The van der Waals surface area contributed by atoms with Crippen molar-refractivity contribution in [2.75, 3.05) is 5.33 Å². The highest BCUT2D eigenvalue weighted by molar-refractivity contribution is 9.09. The van der Waals surface area contributed by atoms with E-state index in [2.05, 4.69) is 25.9 Å². The van der Waals surface area contributed by atoms with Gasteiger partial charge < -0.3 is 0 Å². The maximum absolute atomic E-state index is 13.9. The monoisotopic (exact) mass is 382 g/mol. The first kappa shape index (κ1) is 15.3. The van der Waals surface area contributed by atoms with E-state index in [-0.39, 0.29) is 5.52 Å². The van der Waals surface area contributed by atoms with Crippen molar-refractivity contribution in [2.24, 2.45) is 0 Å². The van der Waals surface area contributed by atoms with Gasteiger partial charge in [0, 0.05) is 17.3 Å². The van der Waals surface area contributed by atoms with Gasteiger partial charge in [0.15, 0.2) is 11.6 Å². The molecule has 1 aromatic heterocycles. The van der Waals surface area contributed by atoms with Gasteiger partial charge in [-0.3, -0.25) is 0 Å². The van der Waals surface area contributed by atoms with Crippen molar-refractivity contribution in [3.05, 3.63) is 58.7 Å². The number of nitrogens with zero attached hydrogens (tertiary/aromatic N) is 2. The molecule has 112 valence electrons. The Labute approximate surface area is 139 Å². The lowest BCUT2D eigenvalue weighted by Crippen LogP contribution is -2.02. The molecule has 0 saturated carbocycles. The molecule has 2 aromatic carbocycles. The largest absolute Gasteiger partial charge is 0.246 e. The van der Waals surface area contributed by atoms with Crippen LogP contribution in [0.15, 0.2) is 36.4 Å². The highest BCUT2D eigenvalue weighted by atomic mass is 79.9. The Bertz CT molecular complexity index is 855. The summed E-state index contributed by atoms with van der Waals surface area (Å²) in [6.07, 6.45) is 0.527. The Morgan fingerprint density at radius 1 is 1.05 bits per heavy atom. The average Bonchev–Trinajstić information content (AvgIpc) is 2.52. The number of halogens is 4. The molecule has 0 amide bonds. The molecule has 0 bridgehead atoms. The van der Waals surface area contributed by atoms with Crippen molar-refractivity contribution in [1.82, 2.24) is 9.97 Å². The Morgan fingerprint density at radius 3 is 2.55 bits per heavy atom. The molecule has 3 rings (SSSR count). The molecule has 22 heavy (non-hydrogen) atoms. The van der Waals surface area contributed by atoms with Gasteiger partial charge in [0.2, 0.25) is 0 Å². The maximum atomic E-state index is 13.9. The summed E-state index contributed by atoms with van der Waals surface area (Å²) in [5.74, 6) is -1.91. The van der Waals surface area contributed by atoms with Gasteiger partial charge in [0.25, 0.3) is 0 Å². The van der Waals surface area contributed by atoms with Gasteiger partial charge >= 0.3 is 0 Å². The lowest BCUT2D eigenvalue weighted by atomic mass is 10.1. The third-order valence-corrected chi connectivity index (χ3v) is 3.99. The zero-order valence-corrected chi connectivity index (χ0v) is 13.6. The molecule has 0 atom stereocenters. The van der Waals surface area contributed by atoms with E-state index in [9.17, 15) is 8.78 Å². The van der Waals surface area contributed by atoms with Gasteiger partial charge in [-0.1, -0.05) is 45.7 Å². The molecule has 0 spiro atoms. The van der Waals surface area contributed by atoms with Crippen LogP contribution in [-0.2, 0) is 6.42 Å². The number of aromatic nitrogens is 2. The Morgan fingerprint density at radius 2 is 1.82 bits per heavy atom. The van der Waals surface area contributed by atoms with Gasteiger partial charge in [-0.25, -0.2) is 18.7 Å². The molecule has 6 heteroatoms. The molecule has 0 fully saturated rings. The molecule has 3 aromatic rings. The van der Waals surface area contributed by atoms with Gasteiger partial charge in [-0.15, -0.1) is 0 Å². The third kappa shape index (κ3) is 2.71. The summed E-state index contributed by atoms with van der Waals surface area (Å²) in [6.45, 7) is 0. The minimum Gasteiger partial charge on any atom is -0.246 e. The highest BCUT2D eigenvalue weighted by Crippen LogP contribution is 2.30. The molecule has 0 saturated heterocycles. The number of benzene rings is 2. The highest BCUT2D eigenvalue weighted by Gasteiger charge is 2.16. The second-order valence-electron chi connectivity index (χ2n) is 4.67. The van der Waals surface area contributed by atoms with E-state index in [1.807, 2.05) is 18.2 Å². The summed E-state index contributed by atoms with van der Waals surface area (Å²) in [6, 6.07) is 9.71. The summed E-state index contributed by atoms with van der Waals surface area (Å²) in [4.78, 5) is 8.73. The zero-order valence-electron chi connectivity index (χ0n) is 11.3. The molecule has 2 nitrogen and oxygen atoms in total. The molecule has 0 aliphatic carbocycles. The third-order valence-electron chi connectivity index (χ3n) is 3.26. The number of rotatable bonds is 3. The van der Waals surface area contributed by atoms with Crippen LogP contribution in [0.2, 0.25) is 5.02 Å². The van der Waals surface area contributed by atoms with Crippen molar-refractivity contribution >= 4 is 38.6 Å². The molecular weight excluding hydrogens is 374 g/mol. The summed E-state index contributed by atoms with van der Waals surface area (Å²) < 4.78 is 27.3. The van der Waals surface area contributed by atoms with E-state index < -0.39 is 11.6 Å². The summed E-state index contributed by atoms with van der Waals surface area (Å²) >= 11 is 9.56. The first-order chi connectivity index (χ1) is 10.6. The molecule has 0 N–H and O–H groups in total. The summed E-state index contributed by atoms with van der Waals surface area (Å²) in [7, 11) is 0. The van der Waals surface area contributed by atoms with E-state index >= 15 is 0 Å². The van der Waals surface area contributed by atoms with Crippen molar-refractivity contribution < 1.29 is 8.78 Å². The predicted molar refractivity (Wildman–Crippen MR) is 87.4 cm³/mol. The maximum Gasteiger partial charge on any atom is 0.186 e. The topological polar surface area (TPSA) is 25.8 Å². The Hall–Kier alpha value is -1.59. The lowest BCUT2D eigenvalue weighted by molar-refractivity contribution is 0.515. The van der Waals surface area contributed by atoms with Crippen LogP contribution in [0, 0.1) is 11.6 Å². The number of hydrogen-bond acceptors (Lipinski definition) is 2. The number of hydrogen-bond donors (Lipinski definition) is 0. The van der Waals surface area contributed by atoms with E-state index in [1.165, 1.54) is 6.07 Å². The molecule has 0 unspecified atom stereocenters. The quantitative estimate of drug-likeness (QED) is 0.583. The molecule has 0 aliphatic rings. The van der Waals surface area contributed by atoms with Crippen LogP contribution in [0.5, 0.6) is 0 Å². The predicted octanol–water partition coefficient (Wildman–Crippen LogP) is 5.17. The van der Waals surface area contributed by atoms with Crippen LogP contribution in [0.1, 0.15) is 5.69 Å². The van der Waals surface area contributed by atoms with E-state index in [4.69, 9.17) is 11.6 Å². The van der Waals surface area contributed by atoms with Gasteiger partial charge in [-0.05, 0) is 18.2 Å². The van der Waals surface area contributed by atoms with Crippen LogP contribution < -0.4 is 0 Å². The molecule has 0 aliphatic heterocycles. The van der Waals surface area contributed by atoms with Crippen molar-refractivity contribution in [1.29, 1.82) is 0 Å². The fourth-order valence-electron chi connectivity index (χ4n) is 2.23. The standard InChI is InChI=1S/C16H10BrClF2N2/c17-8-7-13-15(9-3-1-2-4-10(9)18)21-12-6-5-11(19)14(20)16(12)22-13/h1-6H,7-8H2. The van der Waals surface area contributed by atoms with Gasteiger partial charge in [0.1, 0.15) is 5.52 Å². The fourth-order valence-corrected chi connectivity index (χ4v) is 2.83. The first-order valence-corrected chi connectivity index (χ1v) is 8.07.